The van der Waals surface area contributed by atoms with Crippen LogP contribution in [0.2, 0.25) is 0 Å². The molecule has 116 valence electrons. The van der Waals surface area contributed by atoms with Crippen LogP contribution in [0.4, 0.5) is 5.82 Å². The molecule has 0 N–H and O–H groups in total. The molecule has 23 heavy (non-hydrogen) atoms. The van der Waals surface area contributed by atoms with Crippen molar-refractivity contribution in [2.24, 2.45) is 0 Å². The lowest BCUT2D eigenvalue weighted by Crippen LogP contribution is -2.46. The number of anilines is 1. The number of hydrogen-bond donors (Lipinski definition) is 0. The van der Waals surface area contributed by atoms with Crippen LogP contribution in [0.1, 0.15) is 35.2 Å². The molecule has 4 heterocycles. The normalized spacial score (nSPS) is 17.5. The van der Waals surface area contributed by atoms with Crippen LogP contribution in [-0.2, 0) is 12.8 Å². The fraction of sp³-hybridized carbons (Fsp3) is 0.412. The molecule has 3 aromatic heterocycles. The van der Waals surface area contributed by atoms with Gasteiger partial charge in [-0.3, -0.25) is 4.40 Å². The first kappa shape index (κ1) is 13.0. The lowest BCUT2D eigenvalue weighted by molar-refractivity contribution is 0.490. The number of rotatable bonds is 2. The van der Waals surface area contributed by atoms with Crippen molar-refractivity contribution in [2.45, 2.75) is 32.1 Å². The van der Waals surface area contributed by atoms with E-state index < -0.39 is 0 Å². The highest BCUT2D eigenvalue weighted by atomic mass is 15.3. The van der Waals surface area contributed by atoms with E-state index in [1.54, 1.807) is 0 Å². The van der Waals surface area contributed by atoms with Gasteiger partial charge in [0.1, 0.15) is 17.5 Å². The maximum atomic E-state index is 4.72. The van der Waals surface area contributed by atoms with Crippen molar-refractivity contribution in [1.82, 2.24) is 24.6 Å². The third kappa shape index (κ3) is 1.94. The quantitative estimate of drug-likeness (QED) is 0.724. The fourth-order valence-corrected chi connectivity index (χ4v) is 3.75. The molecule has 1 fully saturated rings. The maximum Gasteiger partial charge on any atom is 0.160 e. The fourth-order valence-electron chi connectivity index (χ4n) is 3.75. The number of fused-ring (bicyclic) bond motifs is 2. The Balaban J connectivity index is 1.43. The van der Waals surface area contributed by atoms with E-state index >= 15 is 0 Å². The highest BCUT2D eigenvalue weighted by Crippen LogP contribution is 2.35. The summed E-state index contributed by atoms with van der Waals surface area (Å²) in [7, 11) is 0. The molecule has 0 amide bonds. The summed E-state index contributed by atoms with van der Waals surface area (Å²) in [6.07, 6.45) is 5.45. The van der Waals surface area contributed by atoms with Crippen LogP contribution in [0, 0.1) is 6.92 Å². The molecule has 1 saturated heterocycles. The number of hydrogen-bond acceptors (Lipinski definition) is 5. The van der Waals surface area contributed by atoms with Crippen molar-refractivity contribution in [3.8, 4) is 0 Å². The van der Waals surface area contributed by atoms with E-state index in [0.29, 0.717) is 5.92 Å². The molecule has 3 aromatic rings. The molecule has 0 unspecified atom stereocenters. The number of pyridine rings is 1. The maximum absolute atomic E-state index is 4.72. The van der Waals surface area contributed by atoms with Crippen LogP contribution in [0.25, 0.3) is 5.65 Å². The second kappa shape index (κ2) is 4.75. The van der Waals surface area contributed by atoms with Crippen molar-refractivity contribution < 1.29 is 0 Å². The van der Waals surface area contributed by atoms with Gasteiger partial charge in [0.2, 0.25) is 0 Å². The van der Waals surface area contributed by atoms with Crippen LogP contribution in [0.15, 0.2) is 24.4 Å². The minimum atomic E-state index is 0.416. The Morgan fingerprint density at radius 3 is 2.91 bits per heavy atom. The molecule has 1 aliphatic heterocycles. The Bertz CT molecular complexity index is 893. The van der Waals surface area contributed by atoms with E-state index in [-0.39, 0.29) is 0 Å². The zero-order valence-electron chi connectivity index (χ0n) is 13.1. The lowest BCUT2D eigenvalue weighted by atomic mass is 9.98. The molecule has 1 aliphatic carbocycles. The van der Waals surface area contributed by atoms with Crippen molar-refractivity contribution >= 4 is 11.5 Å². The predicted molar refractivity (Wildman–Crippen MR) is 86.7 cm³/mol. The highest BCUT2D eigenvalue weighted by Gasteiger charge is 2.35. The van der Waals surface area contributed by atoms with E-state index in [1.165, 1.54) is 17.7 Å². The van der Waals surface area contributed by atoms with Gasteiger partial charge in [-0.1, -0.05) is 6.07 Å². The van der Waals surface area contributed by atoms with E-state index in [4.69, 9.17) is 4.98 Å². The van der Waals surface area contributed by atoms with E-state index in [9.17, 15) is 0 Å². The molecule has 5 rings (SSSR count). The summed E-state index contributed by atoms with van der Waals surface area (Å²) in [5, 5.41) is 8.65. The van der Waals surface area contributed by atoms with Crippen molar-refractivity contribution in [2.75, 3.05) is 18.0 Å². The molecule has 0 radical (unpaired) electrons. The Hall–Kier alpha value is -2.50. The minimum absolute atomic E-state index is 0.416. The van der Waals surface area contributed by atoms with E-state index in [0.717, 1.165) is 49.0 Å². The Labute approximate surface area is 134 Å². The van der Waals surface area contributed by atoms with Crippen LogP contribution in [0.5, 0.6) is 0 Å². The van der Waals surface area contributed by atoms with Gasteiger partial charge in [0.25, 0.3) is 0 Å². The molecule has 0 aromatic carbocycles. The number of aryl methyl sites for hydroxylation is 2. The summed E-state index contributed by atoms with van der Waals surface area (Å²) in [6.45, 7) is 3.91. The standard InChI is InChI=1S/C17H18N6/c1-11-18-14-6-4-5-13(14)17(19-11)22-9-12(10-22)16-21-20-15-7-2-3-8-23(15)16/h2-3,7-8,12H,4-6,9-10H2,1H3. The Kier molecular flexibility index (Phi) is 2.68. The zero-order chi connectivity index (χ0) is 15.4. The first-order valence-corrected chi connectivity index (χ1v) is 8.20. The van der Waals surface area contributed by atoms with E-state index in [2.05, 4.69) is 24.5 Å². The molecule has 6 heteroatoms. The van der Waals surface area contributed by atoms with Gasteiger partial charge in [-0.2, -0.15) is 0 Å². The second-order valence-electron chi connectivity index (χ2n) is 6.46. The largest absolute Gasteiger partial charge is 0.355 e. The van der Waals surface area contributed by atoms with Gasteiger partial charge in [0, 0.05) is 30.5 Å². The average Bonchev–Trinajstić information content (AvgIpc) is 3.12. The monoisotopic (exact) mass is 306 g/mol. The summed E-state index contributed by atoms with van der Waals surface area (Å²) < 4.78 is 2.09. The number of aromatic nitrogens is 5. The first-order valence-electron chi connectivity index (χ1n) is 8.20. The third-order valence-corrected chi connectivity index (χ3v) is 4.91. The highest BCUT2D eigenvalue weighted by molar-refractivity contribution is 5.54. The van der Waals surface area contributed by atoms with Gasteiger partial charge in [-0.05, 0) is 38.3 Å². The molecule has 6 nitrogen and oxygen atoms in total. The van der Waals surface area contributed by atoms with Crippen LogP contribution >= 0.6 is 0 Å². The minimum Gasteiger partial charge on any atom is -0.355 e. The van der Waals surface area contributed by atoms with Gasteiger partial charge >= 0.3 is 0 Å². The van der Waals surface area contributed by atoms with E-state index in [1.807, 2.05) is 31.3 Å². The molecular formula is C17H18N6. The van der Waals surface area contributed by atoms with Crippen molar-refractivity contribution in [1.29, 1.82) is 0 Å². The third-order valence-electron chi connectivity index (χ3n) is 4.91. The SMILES string of the molecule is Cc1nc2c(c(N3CC(c4nnc5ccccn45)C3)n1)CCC2. The van der Waals surface area contributed by atoms with Gasteiger partial charge in [0.15, 0.2) is 5.65 Å². The molecule has 0 atom stereocenters. The first-order chi connectivity index (χ1) is 11.3. The van der Waals surface area contributed by atoms with Gasteiger partial charge in [-0.25, -0.2) is 9.97 Å². The molecule has 2 aliphatic rings. The summed E-state index contributed by atoms with van der Waals surface area (Å²) in [6, 6.07) is 6.01. The van der Waals surface area contributed by atoms with Gasteiger partial charge in [0.05, 0.1) is 5.92 Å². The molecule has 0 saturated carbocycles. The second-order valence-corrected chi connectivity index (χ2v) is 6.46. The van der Waals surface area contributed by atoms with Gasteiger partial charge in [-0.15, -0.1) is 10.2 Å². The summed E-state index contributed by atoms with van der Waals surface area (Å²) in [5.41, 5.74) is 3.53. The van der Waals surface area contributed by atoms with Crippen LogP contribution < -0.4 is 4.90 Å². The predicted octanol–water partition coefficient (Wildman–Crippen LogP) is 1.92. The summed E-state index contributed by atoms with van der Waals surface area (Å²) in [4.78, 5) is 11.7. The number of nitrogens with zero attached hydrogens (tertiary/aromatic N) is 6. The summed E-state index contributed by atoms with van der Waals surface area (Å²) >= 11 is 0. The average molecular weight is 306 g/mol. The van der Waals surface area contributed by atoms with Crippen molar-refractivity contribution in [3.05, 3.63) is 47.3 Å². The Morgan fingerprint density at radius 2 is 2.00 bits per heavy atom. The molecular weight excluding hydrogens is 288 g/mol. The molecule has 0 bridgehead atoms. The summed E-state index contributed by atoms with van der Waals surface area (Å²) in [5.74, 6) is 3.51. The topological polar surface area (TPSA) is 59.2 Å². The Morgan fingerprint density at radius 1 is 1.09 bits per heavy atom. The zero-order valence-corrected chi connectivity index (χ0v) is 13.1. The smallest absolute Gasteiger partial charge is 0.160 e. The lowest BCUT2D eigenvalue weighted by Gasteiger charge is -2.40. The van der Waals surface area contributed by atoms with Crippen LogP contribution in [0.3, 0.4) is 0 Å². The van der Waals surface area contributed by atoms with Crippen molar-refractivity contribution in [3.63, 3.8) is 0 Å². The van der Waals surface area contributed by atoms with Crippen LogP contribution in [-0.4, -0.2) is 37.7 Å². The molecule has 0 spiro atoms. The van der Waals surface area contributed by atoms with Gasteiger partial charge < -0.3 is 4.90 Å².